The fourth-order valence-corrected chi connectivity index (χ4v) is 2.84. The van der Waals surface area contributed by atoms with Gasteiger partial charge in [0.2, 0.25) is 5.96 Å². The second-order valence-electron chi connectivity index (χ2n) is 6.66. The minimum atomic E-state index is 0. The zero-order chi connectivity index (χ0) is 17.5. The number of unbranched alkanes of at least 4 members (excludes halogenated alkanes) is 9. The molecule has 1 aliphatic heterocycles. The van der Waals surface area contributed by atoms with Crippen molar-refractivity contribution < 1.29 is 5.11 Å². The average Bonchev–Trinajstić information content (AvgIpc) is 2.59. The van der Waals surface area contributed by atoms with Crippen LogP contribution in [-0.2, 0) is 0 Å². The first-order valence-electron chi connectivity index (χ1n) is 9.86. The van der Waals surface area contributed by atoms with Gasteiger partial charge in [-0.3, -0.25) is 0 Å². The summed E-state index contributed by atoms with van der Waals surface area (Å²) in [6.07, 6.45) is 15.7. The summed E-state index contributed by atoms with van der Waals surface area (Å²) >= 11 is 0. The predicted molar refractivity (Wildman–Crippen MR) is 118 cm³/mol. The number of guanidine groups is 1. The quantitative estimate of drug-likeness (QED) is 0.269. The Morgan fingerprint density at radius 1 is 0.960 bits per heavy atom. The molecule has 0 saturated carbocycles. The highest BCUT2D eigenvalue weighted by atomic mass is 127. The minimum Gasteiger partial charge on any atom is -0.395 e. The van der Waals surface area contributed by atoms with E-state index in [1.54, 1.807) is 0 Å². The Morgan fingerprint density at radius 2 is 1.56 bits per heavy atom. The normalized spacial score (nSPS) is 13.8. The number of rotatable bonds is 14. The predicted octanol–water partition coefficient (Wildman–Crippen LogP) is 3.84. The smallest absolute Gasteiger partial charge is 0.200 e. The number of likely N-dealkylation sites (N-methyl/N-ethyl adjacent to an activating group) is 1. The largest absolute Gasteiger partial charge is 0.395 e. The van der Waals surface area contributed by atoms with Crippen molar-refractivity contribution in [1.82, 2.24) is 15.5 Å². The van der Waals surface area contributed by atoms with E-state index in [9.17, 15) is 0 Å². The van der Waals surface area contributed by atoms with Crippen LogP contribution in [0.25, 0.3) is 0 Å². The van der Waals surface area contributed by atoms with E-state index in [1.807, 2.05) is 11.9 Å². The van der Waals surface area contributed by atoms with Gasteiger partial charge in [-0.05, 0) is 12.5 Å². The molecule has 0 spiro atoms. The number of aliphatic hydroxyl groups excluding tert-OH is 1. The molecule has 1 aliphatic rings. The van der Waals surface area contributed by atoms with E-state index in [-0.39, 0.29) is 30.6 Å². The van der Waals surface area contributed by atoms with Gasteiger partial charge in [0.1, 0.15) is 5.82 Å². The van der Waals surface area contributed by atoms with Crippen molar-refractivity contribution in [1.29, 1.82) is 0 Å². The van der Waals surface area contributed by atoms with E-state index in [4.69, 9.17) is 5.11 Å². The highest BCUT2D eigenvalue weighted by Crippen LogP contribution is 2.10. The van der Waals surface area contributed by atoms with E-state index in [2.05, 4.69) is 28.6 Å². The number of aliphatic hydroxyl groups is 1. The summed E-state index contributed by atoms with van der Waals surface area (Å²) in [5.41, 5.74) is 0. The van der Waals surface area contributed by atoms with Crippen molar-refractivity contribution in [2.45, 2.75) is 71.1 Å². The van der Waals surface area contributed by atoms with Crippen molar-refractivity contribution in [3.63, 3.8) is 0 Å². The SMILES string of the molecule is CCCCCCCCCCCCNC1=CCN(C)C(NCCO)=N1.I. The number of nitrogens with zero attached hydrogens (tertiary/aromatic N) is 2. The van der Waals surface area contributed by atoms with E-state index in [1.165, 1.54) is 64.2 Å². The molecule has 0 amide bonds. The Labute approximate surface area is 171 Å². The minimum absolute atomic E-state index is 0. The second kappa shape index (κ2) is 16.9. The van der Waals surface area contributed by atoms with Gasteiger partial charge < -0.3 is 20.6 Å². The van der Waals surface area contributed by atoms with Crippen molar-refractivity contribution in [3.8, 4) is 0 Å². The Balaban J connectivity index is 0.00000576. The summed E-state index contributed by atoms with van der Waals surface area (Å²) in [6, 6.07) is 0. The van der Waals surface area contributed by atoms with Crippen LogP contribution >= 0.6 is 24.0 Å². The number of halogens is 1. The molecule has 0 unspecified atom stereocenters. The molecule has 3 N–H and O–H groups in total. The van der Waals surface area contributed by atoms with Crippen LogP contribution < -0.4 is 10.6 Å². The maximum Gasteiger partial charge on any atom is 0.200 e. The van der Waals surface area contributed by atoms with Crippen LogP contribution in [-0.4, -0.2) is 49.3 Å². The van der Waals surface area contributed by atoms with E-state index >= 15 is 0 Å². The molecule has 6 heteroatoms. The summed E-state index contributed by atoms with van der Waals surface area (Å²) < 4.78 is 0. The molecule has 0 radical (unpaired) electrons. The van der Waals surface area contributed by atoms with Crippen LogP contribution in [0.5, 0.6) is 0 Å². The van der Waals surface area contributed by atoms with Gasteiger partial charge in [0, 0.05) is 26.7 Å². The van der Waals surface area contributed by atoms with Gasteiger partial charge in [0.25, 0.3) is 0 Å². The van der Waals surface area contributed by atoms with Gasteiger partial charge in [-0.25, -0.2) is 0 Å². The molecule has 148 valence electrons. The number of nitrogens with one attached hydrogen (secondary N) is 2. The lowest BCUT2D eigenvalue weighted by molar-refractivity contribution is 0.298. The Hall–Kier alpha value is -0.500. The third-order valence-electron chi connectivity index (χ3n) is 4.38. The molecular weight excluding hydrogens is 427 g/mol. The molecule has 0 fully saturated rings. The molecule has 5 nitrogen and oxygen atoms in total. The summed E-state index contributed by atoms with van der Waals surface area (Å²) in [5, 5.41) is 15.5. The summed E-state index contributed by atoms with van der Waals surface area (Å²) in [7, 11) is 2.00. The number of hydrogen-bond acceptors (Lipinski definition) is 5. The standard InChI is InChI=1S/C19H38N4O.HI/c1-3-4-5-6-7-8-9-10-11-12-14-20-18-13-16-23(2)19(22-18)21-15-17-24;/h13,20,24H,3-12,14-17H2,1-2H3,(H,21,22);1H. The van der Waals surface area contributed by atoms with Gasteiger partial charge >= 0.3 is 0 Å². The first-order chi connectivity index (χ1) is 11.8. The highest BCUT2D eigenvalue weighted by Gasteiger charge is 2.11. The van der Waals surface area contributed by atoms with Crippen LogP contribution in [0.1, 0.15) is 71.1 Å². The van der Waals surface area contributed by atoms with Gasteiger partial charge in [-0.15, -0.1) is 24.0 Å². The van der Waals surface area contributed by atoms with E-state index in [0.717, 1.165) is 24.9 Å². The van der Waals surface area contributed by atoms with E-state index in [0.29, 0.717) is 6.54 Å². The first kappa shape index (κ1) is 24.5. The monoisotopic (exact) mass is 466 g/mol. The third-order valence-corrected chi connectivity index (χ3v) is 4.38. The van der Waals surface area contributed by atoms with E-state index < -0.39 is 0 Å². The van der Waals surface area contributed by atoms with Crippen LogP contribution in [0, 0.1) is 0 Å². The second-order valence-corrected chi connectivity index (χ2v) is 6.66. The van der Waals surface area contributed by atoms with Crippen LogP contribution in [0.4, 0.5) is 0 Å². The van der Waals surface area contributed by atoms with Crippen LogP contribution in [0.15, 0.2) is 16.9 Å². The lowest BCUT2D eigenvalue weighted by Crippen LogP contribution is -2.42. The Morgan fingerprint density at radius 3 is 2.16 bits per heavy atom. The fraction of sp³-hybridized carbons (Fsp3) is 0.842. The van der Waals surface area contributed by atoms with Gasteiger partial charge in [0.15, 0.2) is 0 Å². The lowest BCUT2D eigenvalue weighted by atomic mass is 10.1. The average molecular weight is 466 g/mol. The topological polar surface area (TPSA) is 59.9 Å². The third kappa shape index (κ3) is 12.5. The van der Waals surface area contributed by atoms with Crippen molar-refractivity contribution in [2.24, 2.45) is 4.99 Å². The molecule has 0 atom stereocenters. The maximum atomic E-state index is 8.90. The molecule has 0 saturated heterocycles. The fourth-order valence-electron chi connectivity index (χ4n) is 2.84. The molecule has 1 rings (SSSR count). The molecular formula is C19H39IN4O. The number of aliphatic imine (C=N–C) groups is 1. The molecule has 0 aromatic carbocycles. The Kier molecular flexibility index (Phi) is 16.6. The van der Waals surface area contributed by atoms with Crippen molar-refractivity contribution in [3.05, 3.63) is 11.9 Å². The summed E-state index contributed by atoms with van der Waals surface area (Å²) in [6.45, 7) is 4.76. The first-order valence-corrected chi connectivity index (χ1v) is 9.86. The van der Waals surface area contributed by atoms with Crippen molar-refractivity contribution >= 4 is 29.9 Å². The number of hydrogen-bond donors (Lipinski definition) is 3. The maximum absolute atomic E-state index is 8.90. The van der Waals surface area contributed by atoms with Gasteiger partial charge in [0.05, 0.1) is 6.61 Å². The zero-order valence-electron chi connectivity index (χ0n) is 16.2. The molecule has 1 heterocycles. The van der Waals surface area contributed by atoms with Gasteiger partial charge in [-0.2, -0.15) is 4.99 Å². The Bertz CT molecular complexity index is 374. The summed E-state index contributed by atoms with van der Waals surface area (Å²) in [4.78, 5) is 6.60. The molecule has 25 heavy (non-hydrogen) atoms. The van der Waals surface area contributed by atoms with Crippen molar-refractivity contribution in [2.75, 3.05) is 33.3 Å². The van der Waals surface area contributed by atoms with Gasteiger partial charge in [-0.1, -0.05) is 64.7 Å². The lowest BCUT2D eigenvalue weighted by Gasteiger charge is -2.25. The van der Waals surface area contributed by atoms with Crippen LogP contribution in [0.2, 0.25) is 0 Å². The molecule has 0 aromatic heterocycles. The molecule has 0 aromatic rings. The van der Waals surface area contributed by atoms with Crippen LogP contribution in [0.3, 0.4) is 0 Å². The molecule has 0 bridgehead atoms. The highest BCUT2D eigenvalue weighted by molar-refractivity contribution is 14.0. The zero-order valence-corrected chi connectivity index (χ0v) is 18.6. The molecule has 0 aliphatic carbocycles. The summed E-state index contributed by atoms with van der Waals surface area (Å²) in [5.74, 6) is 1.78.